The van der Waals surface area contributed by atoms with Crippen LogP contribution in [0.25, 0.3) is 0 Å². The van der Waals surface area contributed by atoms with E-state index in [1.165, 1.54) is 12.3 Å². The molecule has 0 aromatic carbocycles. The van der Waals surface area contributed by atoms with Gasteiger partial charge in [0.25, 0.3) is 11.2 Å². The predicted octanol–water partition coefficient (Wildman–Crippen LogP) is 3.29. The summed E-state index contributed by atoms with van der Waals surface area (Å²) >= 11 is 0.666. The molecule has 9 heteroatoms. The highest BCUT2D eigenvalue weighted by molar-refractivity contribution is 7.09. The molecular formula is C8H11F3N2O3S. The molecule has 0 fully saturated rings. The van der Waals surface area contributed by atoms with Crippen LogP contribution < -0.4 is 0 Å². The number of aromatic nitrogens is 1. The molecule has 1 atom stereocenters. The van der Waals surface area contributed by atoms with Gasteiger partial charge in [-0.25, -0.2) is 4.98 Å². The SMILES string of the molecule is CC.Cc1csc(C(O[N+](=O)[O-])C(F)(F)F)n1. The first-order valence-electron chi connectivity index (χ1n) is 4.60. The third-order valence-electron chi connectivity index (χ3n) is 1.35. The van der Waals surface area contributed by atoms with Crippen LogP contribution in [0.1, 0.15) is 30.7 Å². The number of halogens is 3. The van der Waals surface area contributed by atoms with Gasteiger partial charge in [0.2, 0.25) is 0 Å². The molecule has 0 aliphatic heterocycles. The fourth-order valence-electron chi connectivity index (χ4n) is 0.824. The Morgan fingerprint density at radius 1 is 1.53 bits per heavy atom. The summed E-state index contributed by atoms with van der Waals surface area (Å²) in [7, 11) is 0. The second kappa shape index (κ2) is 6.38. The Morgan fingerprint density at radius 3 is 2.35 bits per heavy atom. The lowest BCUT2D eigenvalue weighted by molar-refractivity contribution is -0.778. The molecule has 0 bridgehead atoms. The van der Waals surface area contributed by atoms with Crippen LogP contribution >= 0.6 is 11.3 Å². The smallest absolute Gasteiger partial charge is 0.293 e. The van der Waals surface area contributed by atoms with E-state index in [0.29, 0.717) is 17.0 Å². The first kappa shape index (κ1) is 15.6. The molecule has 0 aliphatic rings. The van der Waals surface area contributed by atoms with Crippen molar-refractivity contribution in [1.82, 2.24) is 4.98 Å². The van der Waals surface area contributed by atoms with Gasteiger partial charge in [-0.3, -0.25) is 4.84 Å². The van der Waals surface area contributed by atoms with E-state index in [2.05, 4.69) is 9.82 Å². The number of hydrogen-bond acceptors (Lipinski definition) is 5. The molecule has 1 aromatic heterocycles. The maximum absolute atomic E-state index is 12.3. The van der Waals surface area contributed by atoms with E-state index in [1.54, 1.807) is 0 Å². The highest BCUT2D eigenvalue weighted by Gasteiger charge is 2.46. The Kier molecular flexibility index (Phi) is 5.86. The molecule has 0 radical (unpaired) electrons. The first-order valence-corrected chi connectivity index (χ1v) is 5.48. The summed E-state index contributed by atoms with van der Waals surface area (Å²) in [6.07, 6.45) is -7.46. The highest BCUT2D eigenvalue weighted by Crippen LogP contribution is 2.37. The maximum Gasteiger partial charge on any atom is 0.421 e. The average molecular weight is 272 g/mol. The Hall–Kier alpha value is -1.38. The van der Waals surface area contributed by atoms with Crippen molar-refractivity contribution < 1.29 is 23.1 Å². The van der Waals surface area contributed by atoms with E-state index in [4.69, 9.17) is 0 Å². The third-order valence-corrected chi connectivity index (χ3v) is 2.36. The van der Waals surface area contributed by atoms with Gasteiger partial charge in [0, 0.05) is 11.1 Å². The van der Waals surface area contributed by atoms with Crippen LogP contribution in [-0.4, -0.2) is 16.2 Å². The fourth-order valence-corrected chi connectivity index (χ4v) is 1.66. The molecular weight excluding hydrogens is 261 g/mol. The summed E-state index contributed by atoms with van der Waals surface area (Å²) in [4.78, 5) is 17.0. The number of alkyl halides is 3. The number of nitrogens with zero attached hydrogens (tertiary/aromatic N) is 2. The van der Waals surface area contributed by atoms with E-state index in [1.807, 2.05) is 13.8 Å². The van der Waals surface area contributed by atoms with Crippen molar-refractivity contribution in [2.75, 3.05) is 0 Å². The van der Waals surface area contributed by atoms with E-state index in [0.717, 1.165) is 0 Å². The Bertz CT molecular complexity index is 367. The van der Waals surface area contributed by atoms with Gasteiger partial charge in [-0.05, 0) is 6.92 Å². The van der Waals surface area contributed by atoms with Crippen LogP contribution in [0.3, 0.4) is 0 Å². The zero-order chi connectivity index (χ0) is 13.6. The fraction of sp³-hybridized carbons (Fsp3) is 0.625. The number of hydrogen-bond donors (Lipinski definition) is 0. The number of rotatable bonds is 3. The molecule has 0 amide bonds. The predicted molar refractivity (Wildman–Crippen MR) is 55.1 cm³/mol. The van der Waals surface area contributed by atoms with Crippen molar-refractivity contribution in [2.45, 2.75) is 33.1 Å². The monoisotopic (exact) mass is 272 g/mol. The van der Waals surface area contributed by atoms with Crippen LogP contribution in [0.5, 0.6) is 0 Å². The lowest BCUT2D eigenvalue weighted by Gasteiger charge is -2.15. The van der Waals surface area contributed by atoms with Crippen molar-refractivity contribution >= 4 is 11.3 Å². The van der Waals surface area contributed by atoms with Gasteiger partial charge >= 0.3 is 6.18 Å². The maximum atomic E-state index is 12.3. The topological polar surface area (TPSA) is 65.3 Å². The molecule has 0 aliphatic carbocycles. The van der Waals surface area contributed by atoms with Crippen LogP contribution in [0.4, 0.5) is 13.2 Å². The molecule has 5 nitrogen and oxygen atoms in total. The summed E-state index contributed by atoms with van der Waals surface area (Å²) in [5, 5.41) is 9.30. The average Bonchev–Trinajstić information content (AvgIpc) is 2.62. The summed E-state index contributed by atoms with van der Waals surface area (Å²) in [6.45, 7) is 5.49. The summed E-state index contributed by atoms with van der Waals surface area (Å²) < 4.78 is 36.9. The lowest BCUT2D eigenvalue weighted by Crippen LogP contribution is -2.25. The molecule has 0 spiro atoms. The second-order valence-corrected chi connectivity index (χ2v) is 3.47. The molecule has 98 valence electrons. The molecule has 1 heterocycles. The van der Waals surface area contributed by atoms with Crippen molar-refractivity contribution in [3.8, 4) is 0 Å². The van der Waals surface area contributed by atoms with E-state index in [-0.39, 0.29) is 0 Å². The van der Waals surface area contributed by atoms with Crippen molar-refractivity contribution in [3.63, 3.8) is 0 Å². The van der Waals surface area contributed by atoms with Crippen LogP contribution in [0.2, 0.25) is 0 Å². The van der Waals surface area contributed by atoms with Gasteiger partial charge < -0.3 is 0 Å². The third kappa shape index (κ3) is 4.98. The van der Waals surface area contributed by atoms with Gasteiger partial charge in [0.05, 0.1) is 0 Å². The molecule has 1 unspecified atom stereocenters. The quantitative estimate of drug-likeness (QED) is 0.625. The van der Waals surface area contributed by atoms with Crippen LogP contribution in [0, 0.1) is 17.0 Å². The van der Waals surface area contributed by atoms with Crippen molar-refractivity contribution in [1.29, 1.82) is 0 Å². The van der Waals surface area contributed by atoms with Gasteiger partial charge in [0.1, 0.15) is 5.01 Å². The number of aryl methyl sites for hydroxylation is 1. The van der Waals surface area contributed by atoms with Crippen molar-refractivity contribution in [2.24, 2.45) is 0 Å². The van der Waals surface area contributed by atoms with E-state index >= 15 is 0 Å². The van der Waals surface area contributed by atoms with E-state index in [9.17, 15) is 23.3 Å². The summed E-state index contributed by atoms with van der Waals surface area (Å²) in [6, 6.07) is 0. The molecule has 1 aromatic rings. The standard InChI is InChI=1S/C6H5F3N2O3S.C2H6/c1-3-2-15-5(10-3)4(6(7,8)9)14-11(12)13;1-2/h2,4H,1H3;1-2H3. The van der Waals surface area contributed by atoms with Gasteiger partial charge in [-0.2, -0.15) is 13.2 Å². The van der Waals surface area contributed by atoms with Crippen LogP contribution in [-0.2, 0) is 4.84 Å². The summed E-state index contributed by atoms with van der Waals surface area (Å²) in [5.41, 5.74) is 0.358. The highest BCUT2D eigenvalue weighted by atomic mass is 32.1. The zero-order valence-electron chi connectivity index (χ0n) is 9.32. The Morgan fingerprint density at radius 2 is 2.06 bits per heavy atom. The molecule has 1 rings (SSSR count). The molecule has 0 saturated carbocycles. The lowest BCUT2D eigenvalue weighted by atomic mass is 10.3. The minimum absolute atomic E-state index is 0.358. The second-order valence-electron chi connectivity index (χ2n) is 2.58. The minimum atomic E-state index is -4.85. The Balaban J connectivity index is 0.00000121. The number of thiazole rings is 1. The molecule has 0 saturated heterocycles. The van der Waals surface area contributed by atoms with Gasteiger partial charge in [0.15, 0.2) is 0 Å². The zero-order valence-corrected chi connectivity index (χ0v) is 10.1. The summed E-state index contributed by atoms with van der Waals surface area (Å²) in [5.74, 6) is 0. The van der Waals surface area contributed by atoms with Crippen molar-refractivity contribution in [3.05, 3.63) is 26.2 Å². The van der Waals surface area contributed by atoms with Crippen LogP contribution in [0.15, 0.2) is 5.38 Å². The molecule has 0 N–H and O–H groups in total. The normalized spacial score (nSPS) is 12.4. The van der Waals surface area contributed by atoms with Gasteiger partial charge in [-0.1, -0.05) is 13.8 Å². The minimum Gasteiger partial charge on any atom is -0.293 e. The Labute approximate surface area is 99.3 Å². The van der Waals surface area contributed by atoms with E-state index < -0.39 is 22.4 Å². The first-order chi connectivity index (χ1) is 7.80. The molecule has 17 heavy (non-hydrogen) atoms. The largest absolute Gasteiger partial charge is 0.421 e. The van der Waals surface area contributed by atoms with Gasteiger partial charge in [-0.15, -0.1) is 21.5 Å².